The van der Waals surface area contributed by atoms with Crippen molar-refractivity contribution in [3.63, 3.8) is 0 Å². The van der Waals surface area contributed by atoms with E-state index in [4.69, 9.17) is 4.74 Å². The van der Waals surface area contributed by atoms with Crippen LogP contribution in [0.3, 0.4) is 0 Å². The summed E-state index contributed by atoms with van der Waals surface area (Å²) >= 11 is 0. The molecule has 0 radical (unpaired) electrons. The van der Waals surface area contributed by atoms with Crippen LogP contribution in [0.1, 0.15) is 6.92 Å². The van der Waals surface area contributed by atoms with E-state index in [1.54, 1.807) is 19.1 Å². The lowest BCUT2D eigenvalue weighted by Crippen LogP contribution is -2.15. The zero-order chi connectivity index (χ0) is 13.0. The molecule has 0 unspecified atom stereocenters. The molecule has 0 aliphatic heterocycles. The summed E-state index contributed by atoms with van der Waals surface area (Å²) < 4.78 is 6.18. The van der Waals surface area contributed by atoms with Crippen LogP contribution in [0.5, 0.6) is 5.75 Å². The Hall–Kier alpha value is -2.44. The predicted octanol–water partition coefficient (Wildman–Crippen LogP) is 0.609. The fourth-order valence-electron chi connectivity index (χ4n) is 1.46. The lowest BCUT2D eigenvalue weighted by Gasteiger charge is -2.04. The van der Waals surface area contributed by atoms with Crippen molar-refractivity contribution in [1.29, 1.82) is 0 Å². The van der Waals surface area contributed by atoms with E-state index in [1.165, 1.54) is 16.8 Å². The Morgan fingerprint density at radius 3 is 2.78 bits per heavy atom. The standard InChI is InChI=1S/C11H12N4O3/c1-2-18-10(17)7-15-11(12-13-14-15)8-3-5-9(16)6-4-8/h3-6,16H,2,7H2,1H3. The Labute approximate surface area is 103 Å². The third kappa shape index (κ3) is 2.62. The smallest absolute Gasteiger partial charge is 0.327 e. The highest BCUT2D eigenvalue weighted by molar-refractivity contribution is 5.70. The first-order valence-electron chi connectivity index (χ1n) is 5.42. The van der Waals surface area contributed by atoms with E-state index in [0.29, 0.717) is 18.0 Å². The Morgan fingerprint density at radius 1 is 1.39 bits per heavy atom. The number of ether oxygens (including phenoxy) is 1. The monoisotopic (exact) mass is 248 g/mol. The van der Waals surface area contributed by atoms with E-state index < -0.39 is 5.97 Å². The fraction of sp³-hybridized carbons (Fsp3) is 0.273. The molecule has 94 valence electrons. The van der Waals surface area contributed by atoms with Gasteiger partial charge in [0, 0.05) is 5.56 Å². The summed E-state index contributed by atoms with van der Waals surface area (Å²) in [6.45, 7) is 2.00. The van der Waals surface area contributed by atoms with Gasteiger partial charge in [0.25, 0.3) is 0 Å². The van der Waals surface area contributed by atoms with Crippen LogP contribution in [-0.2, 0) is 16.1 Å². The Balaban J connectivity index is 2.22. The number of phenolic OH excluding ortho intramolecular Hbond substituents is 1. The van der Waals surface area contributed by atoms with Crippen LogP contribution in [0.4, 0.5) is 0 Å². The molecule has 2 aromatic rings. The number of rotatable bonds is 4. The second-order valence-corrected chi connectivity index (χ2v) is 3.51. The predicted molar refractivity (Wildman–Crippen MR) is 61.6 cm³/mol. The minimum Gasteiger partial charge on any atom is -0.508 e. The molecule has 0 fully saturated rings. The topological polar surface area (TPSA) is 90.1 Å². The van der Waals surface area contributed by atoms with Gasteiger partial charge in [0.2, 0.25) is 0 Å². The number of benzene rings is 1. The largest absolute Gasteiger partial charge is 0.508 e. The summed E-state index contributed by atoms with van der Waals surface area (Å²) in [5, 5.41) is 20.3. The Kier molecular flexibility index (Phi) is 3.52. The van der Waals surface area contributed by atoms with E-state index in [0.717, 1.165) is 0 Å². The van der Waals surface area contributed by atoms with E-state index in [9.17, 15) is 9.90 Å². The maximum Gasteiger partial charge on any atom is 0.327 e. The maximum absolute atomic E-state index is 11.4. The first-order chi connectivity index (χ1) is 8.70. The van der Waals surface area contributed by atoms with Gasteiger partial charge in [0.15, 0.2) is 5.82 Å². The van der Waals surface area contributed by atoms with Gasteiger partial charge < -0.3 is 9.84 Å². The number of hydrogen-bond acceptors (Lipinski definition) is 6. The van der Waals surface area contributed by atoms with Crippen LogP contribution in [0.2, 0.25) is 0 Å². The molecular formula is C11H12N4O3. The van der Waals surface area contributed by atoms with Crippen molar-refractivity contribution < 1.29 is 14.6 Å². The summed E-state index contributed by atoms with van der Waals surface area (Å²) in [6, 6.07) is 6.39. The molecule has 1 aromatic heterocycles. The van der Waals surface area contributed by atoms with Crippen molar-refractivity contribution >= 4 is 5.97 Å². The molecule has 0 aliphatic rings. The quantitative estimate of drug-likeness (QED) is 0.797. The van der Waals surface area contributed by atoms with Crippen molar-refractivity contribution in [2.24, 2.45) is 0 Å². The van der Waals surface area contributed by atoms with Crippen LogP contribution in [0, 0.1) is 0 Å². The van der Waals surface area contributed by atoms with Crippen LogP contribution < -0.4 is 0 Å². The van der Waals surface area contributed by atoms with E-state index in [2.05, 4.69) is 15.5 Å². The number of tetrazole rings is 1. The SMILES string of the molecule is CCOC(=O)Cn1nnnc1-c1ccc(O)cc1. The van der Waals surface area contributed by atoms with Crippen LogP contribution in [0.15, 0.2) is 24.3 Å². The number of nitrogens with zero attached hydrogens (tertiary/aromatic N) is 4. The molecule has 0 saturated carbocycles. The molecule has 1 N–H and O–H groups in total. The number of esters is 1. The average Bonchev–Trinajstić information content (AvgIpc) is 2.78. The highest BCUT2D eigenvalue weighted by Gasteiger charge is 2.12. The number of carbonyl (C=O) groups excluding carboxylic acids is 1. The van der Waals surface area contributed by atoms with Gasteiger partial charge >= 0.3 is 5.97 Å². The highest BCUT2D eigenvalue weighted by Crippen LogP contribution is 2.18. The highest BCUT2D eigenvalue weighted by atomic mass is 16.5. The number of aromatic nitrogens is 4. The Morgan fingerprint density at radius 2 is 2.11 bits per heavy atom. The molecule has 0 saturated heterocycles. The number of carbonyl (C=O) groups is 1. The van der Waals surface area contributed by atoms with Crippen molar-refractivity contribution in [3.8, 4) is 17.1 Å². The van der Waals surface area contributed by atoms with Crippen LogP contribution in [-0.4, -0.2) is 37.9 Å². The zero-order valence-corrected chi connectivity index (χ0v) is 9.78. The van der Waals surface area contributed by atoms with Gasteiger partial charge in [-0.2, -0.15) is 0 Å². The van der Waals surface area contributed by atoms with Crippen molar-refractivity contribution in [2.45, 2.75) is 13.5 Å². The zero-order valence-electron chi connectivity index (χ0n) is 9.78. The molecule has 7 heteroatoms. The van der Waals surface area contributed by atoms with E-state index in [-0.39, 0.29) is 12.3 Å². The lowest BCUT2D eigenvalue weighted by molar-refractivity contribution is -0.144. The summed E-state index contributed by atoms with van der Waals surface area (Å²) in [5.74, 6) is 0.205. The van der Waals surface area contributed by atoms with Gasteiger partial charge in [-0.1, -0.05) is 0 Å². The number of hydrogen-bond donors (Lipinski definition) is 1. The second kappa shape index (κ2) is 5.26. The summed E-state index contributed by atoms with van der Waals surface area (Å²) in [7, 11) is 0. The molecule has 1 aromatic carbocycles. The van der Waals surface area contributed by atoms with E-state index in [1.807, 2.05) is 0 Å². The molecule has 0 amide bonds. The summed E-state index contributed by atoms with van der Waals surface area (Å²) in [6.07, 6.45) is 0. The molecule has 0 spiro atoms. The van der Waals surface area contributed by atoms with E-state index >= 15 is 0 Å². The number of phenols is 1. The first kappa shape index (κ1) is 12.0. The van der Waals surface area contributed by atoms with Crippen molar-refractivity contribution in [2.75, 3.05) is 6.61 Å². The van der Waals surface area contributed by atoms with Gasteiger partial charge in [0.1, 0.15) is 12.3 Å². The van der Waals surface area contributed by atoms with Gasteiger partial charge in [-0.25, -0.2) is 4.68 Å². The lowest BCUT2D eigenvalue weighted by atomic mass is 10.2. The minimum absolute atomic E-state index is 0.0446. The summed E-state index contributed by atoms with van der Waals surface area (Å²) in [5.41, 5.74) is 0.710. The van der Waals surface area contributed by atoms with Crippen LogP contribution >= 0.6 is 0 Å². The van der Waals surface area contributed by atoms with Gasteiger partial charge in [-0.05, 0) is 41.6 Å². The molecule has 7 nitrogen and oxygen atoms in total. The molecule has 1 heterocycles. The molecule has 0 aliphatic carbocycles. The van der Waals surface area contributed by atoms with Gasteiger partial charge in [-0.3, -0.25) is 4.79 Å². The molecule has 0 bridgehead atoms. The number of aromatic hydroxyl groups is 1. The Bertz CT molecular complexity index is 535. The molecule has 0 atom stereocenters. The average molecular weight is 248 g/mol. The second-order valence-electron chi connectivity index (χ2n) is 3.51. The van der Waals surface area contributed by atoms with Gasteiger partial charge in [0.05, 0.1) is 6.61 Å². The van der Waals surface area contributed by atoms with Gasteiger partial charge in [-0.15, -0.1) is 5.10 Å². The third-order valence-electron chi connectivity index (χ3n) is 2.24. The fourth-order valence-corrected chi connectivity index (χ4v) is 1.46. The molecule has 2 rings (SSSR count). The van der Waals surface area contributed by atoms with Crippen molar-refractivity contribution in [3.05, 3.63) is 24.3 Å². The molecular weight excluding hydrogens is 236 g/mol. The van der Waals surface area contributed by atoms with Crippen LogP contribution in [0.25, 0.3) is 11.4 Å². The van der Waals surface area contributed by atoms with Crippen molar-refractivity contribution in [1.82, 2.24) is 20.2 Å². The minimum atomic E-state index is -0.398. The molecule has 18 heavy (non-hydrogen) atoms. The normalized spacial score (nSPS) is 10.3. The summed E-state index contributed by atoms with van der Waals surface area (Å²) in [4.78, 5) is 11.4. The first-order valence-corrected chi connectivity index (χ1v) is 5.42. The maximum atomic E-state index is 11.4. The third-order valence-corrected chi connectivity index (χ3v) is 2.24.